The molecule has 1 heterocycles. The quantitative estimate of drug-likeness (QED) is 0.661. The van der Waals surface area contributed by atoms with Crippen LogP contribution in [0.5, 0.6) is 5.75 Å². The van der Waals surface area contributed by atoms with E-state index >= 15 is 0 Å². The number of anilines is 1. The van der Waals surface area contributed by atoms with Gasteiger partial charge in [0.2, 0.25) is 11.8 Å². The Hall–Kier alpha value is -3.22. The number of rotatable bonds is 5. The lowest BCUT2D eigenvalue weighted by atomic mass is 10.1. The number of nitrogens with zero attached hydrogens (tertiary/aromatic N) is 2. The summed E-state index contributed by atoms with van der Waals surface area (Å²) in [5.41, 5.74) is 3.85. The maximum Gasteiger partial charge on any atom is 0.245 e. The molecule has 26 heavy (non-hydrogen) atoms. The lowest BCUT2D eigenvalue weighted by Gasteiger charge is -2.16. The van der Waals surface area contributed by atoms with Gasteiger partial charge in [0, 0.05) is 18.7 Å². The zero-order valence-electron chi connectivity index (χ0n) is 14.2. The highest BCUT2D eigenvalue weighted by molar-refractivity contribution is 6.00. The van der Waals surface area contributed by atoms with Crippen molar-refractivity contribution in [2.45, 2.75) is 6.42 Å². The number of methoxy groups -OCH3 is 1. The van der Waals surface area contributed by atoms with Crippen LogP contribution in [0.1, 0.15) is 12.0 Å². The van der Waals surface area contributed by atoms with Crippen LogP contribution in [0, 0.1) is 11.7 Å². The van der Waals surface area contributed by atoms with Gasteiger partial charge in [-0.15, -0.1) is 0 Å². The standard InChI is InChI=1S/C19H18FN3O3/c1-26-17-8-2-13(3-9-17)11-21-22-19(25)14-10-18(24)23(12-14)16-6-4-15(20)5-7-16/h2-9,11,14H,10,12H2,1H3,(H,22,25)/t14-/m0/s1. The van der Waals surface area contributed by atoms with E-state index in [2.05, 4.69) is 10.5 Å². The van der Waals surface area contributed by atoms with Crippen LogP contribution in [0.4, 0.5) is 10.1 Å². The van der Waals surface area contributed by atoms with Crippen molar-refractivity contribution < 1.29 is 18.7 Å². The van der Waals surface area contributed by atoms with Crippen LogP contribution in [0.2, 0.25) is 0 Å². The van der Waals surface area contributed by atoms with Crippen LogP contribution in [-0.4, -0.2) is 31.7 Å². The summed E-state index contributed by atoms with van der Waals surface area (Å²) in [4.78, 5) is 25.8. The summed E-state index contributed by atoms with van der Waals surface area (Å²) in [5, 5.41) is 3.93. The Bertz CT molecular complexity index is 819. The first-order valence-corrected chi connectivity index (χ1v) is 8.09. The molecule has 1 N–H and O–H groups in total. The fourth-order valence-corrected chi connectivity index (χ4v) is 2.71. The molecule has 1 saturated heterocycles. The molecule has 1 aliphatic heterocycles. The van der Waals surface area contributed by atoms with Crippen molar-refractivity contribution in [3.8, 4) is 5.75 Å². The Labute approximate surface area is 150 Å². The van der Waals surface area contributed by atoms with Crippen molar-refractivity contribution in [3.05, 3.63) is 59.9 Å². The van der Waals surface area contributed by atoms with Gasteiger partial charge in [-0.3, -0.25) is 9.59 Å². The minimum Gasteiger partial charge on any atom is -0.497 e. The fraction of sp³-hybridized carbons (Fsp3) is 0.211. The van der Waals surface area contributed by atoms with E-state index in [4.69, 9.17) is 4.74 Å². The van der Waals surface area contributed by atoms with Gasteiger partial charge in [0.15, 0.2) is 0 Å². The predicted molar refractivity (Wildman–Crippen MR) is 95.6 cm³/mol. The number of hydrogen-bond donors (Lipinski definition) is 1. The molecule has 0 aliphatic carbocycles. The third-order valence-electron chi connectivity index (χ3n) is 4.14. The Morgan fingerprint density at radius 3 is 2.58 bits per heavy atom. The molecule has 0 saturated carbocycles. The molecule has 2 aromatic carbocycles. The maximum absolute atomic E-state index is 13.0. The molecular weight excluding hydrogens is 337 g/mol. The molecule has 6 nitrogen and oxygen atoms in total. The molecule has 2 amide bonds. The van der Waals surface area contributed by atoms with E-state index < -0.39 is 5.92 Å². The van der Waals surface area contributed by atoms with Crippen molar-refractivity contribution in [2.24, 2.45) is 11.0 Å². The van der Waals surface area contributed by atoms with E-state index in [9.17, 15) is 14.0 Å². The van der Waals surface area contributed by atoms with Crippen molar-refractivity contribution in [1.29, 1.82) is 0 Å². The second kappa shape index (κ2) is 7.77. The topological polar surface area (TPSA) is 71.0 Å². The average molecular weight is 355 g/mol. The Kier molecular flexibility index (Phi) is 5.26. The number of carbonyl (C=O) groups excluding carboxylic acids is 2. The third-order valence-corrected chi connectivity index (χ3v) is 4.14. The van der Waals surface area contributed by atoms with Gasteiger partial charge in [0.1, 0.15) is 11.6 Å². The maximum atomic E-state index is 13.0. The summed E-state index contributed by atoms with van der Waals surface area (Å²) in [7, 11) is 1.58. The lowest BCUT2D eigenvalue weighted by Crippen LogP contribution is -2.30. The van der Waals surface area contributed by atoms with E-state index in [0.717, 1.165) is 11.3 Å². The molecule has 2 aromatic rings. The van der Waals surface area contributed by atoms with Gasteiger partial charge in [0.25, 0.3) is 0 Å². The number of hydrogen-bond acceptors (Lipinski definition) is 4. The van der Waals surface area contributed by atoms with Crippen LogP contribution >= 0.6 is 0 Å². The molecule has 1 atom stereocenters. The van der Waals surface area contributed by atoms with Gasteiger partial charge in [-0.05, 0) is 54.1 Å². The minimum atomic E-state index is -0.499. The van der Waals surface area contributed by atoms with Crippen LogP contribution in [0.15, 0.2) is 53.6 Å². The van der Waals surface area contributed by atoms with Gasteiger partial charge in [-0.1, -0.05) is 0 Å². The van der Waals surface area contributed by atoms with Crippen LogP contribution in [0.3, 0.4) is 0 Å². The largest absolute Gasteiger partial charge is 0.497 e. The summed E-state index contributed by atoms with van der Waals surface area (Å²) in [6.07, 6.45) is 1.62. The molecule has 0 aromatic heterocycles. The monoisotopic (exact) mass is 355 g/mol. The van der Waals surface area contributed by atoms with E-state index in [1.165, 1.54) is 35.4 Å². The number of halogens is 1. The van der Waals surface area contributed by atoms with E-state index in [0.29, 0.717) is 5.69 Å². The molecule has 0 spiro atoms. The van der Waals surface area contributed by atoms with Gasteiger partial charge < -0.3 is 9.64 Å². The highest BCUT2D eigenvalue weighted by atomic mass is 19.1. The van der Waals surface area contributed by atoms with E-state index in [1.807, 2.05) is 12.1 Å². The summed E-state index contributed by atoms with van der Waals surface area (Å²) >= 11 is 0. The summed E-state index contributed by atoms with van der Waals surface area (Å²) in [6.45, 7) is 0.244. The van der Waals surface area contributed by atoms with Gasteiger partial charge >= 0.3 is 0 Å². The van der Waals surface area contributed by atoms with Gasteiger partial charge in [0.05, 0.1) is 19.2 Å². The number of amides is 2. The smallest absolute Gasteiger partial charge is 0.245 e. The van der Waals surface area contributed by atoms with E-state index in [1.54, 1.807) is 19.2 Å². The highest BCUT2D eigenvalue weighted by Crippen LogP contribution is 2.25. The summed E-state index contributed by atoms with van der Waals surface area (Å²) in [5.74, 6) is -0.636. The SMILES string of the molecule is COc1ccc(C=NNC(=O)[C@H]2CC(=O)N(c3ccc(F)cc3)C2)cc1. The average Bonchev–Trinajstić information content (AvgIpc) is 3.05. The van der Waals surface area contributed by atoms with Crippen LogP contribution < -0.4 is 15.1 Å². The molecular formula is C19H18FN3O3. The second-order valence-corrected chi connectivity index (χ2v) is 5.89. The van der Waals surface area contributed by atoms with Gasteiger partial charge in [-0.25, -0.2) is 9.82 Å². The highest BCUT2D eigenvalue weighted by Gasteiger charge is 2.35. The number of ether oxygens (including phenoxy) is 1. The Morgan fingerprint density at radius 1 is 1.23 bits per heavy atom. The van der Waals surface area contributed by atoms with E-state index in [-0.39, 0.29) is 30.6 Å². The third kappa shape index (κ3) is 4.05. The zero-order valence-corrected chi connectivity index (χ0v) is 14.2. The number of nitrogens with one attached hydrogen (secondary N) is 1. The van der Waals surface area contributed by atoms with Crippen LogP contribution in [0.25, 0.3) is 0 Å². The minimum absolute atomic E-state index is 0.0985. The van der Waals surface area contributed by atoms with Gasteiger partial charge in [-0.2, -0.15) is 5.10 Å². The first kappa shape index (κ1) is 17.6. The molecule has 7 heteroatoms. The number of benzene rings is 2. The first-order valence-electron chi connectivity index (χ1n) is 8.09. The molecule has 134 valence electrons. The zero-order chi connectivity index (χ0) is 18.5. The predicted octanol–water partition coefficient (Wildman–Crippen LogP) is 2.34. The molecule has 1 aliphatic rings. The van der Waals surface area contributed by atoms with Crippen molar-refractivity contribution >= 4 is 23.7 Å². The molecule has 0 bridgehead atoms. The van der Waals surface area contributed by atoms with Crippen molar-refractivity contribution in [2.75, 3.05) is 18.6 Å². The number of hydrazone groups is 1. The lowest BCUT2D eigenvalue weighted by molar-refractivity contribution is -0.126. The fourth-order valence-electron chi connectivity index (χ4n) is 2.71. The normalized spacial score (nSPS) is 16.9. The molecule has 3 rings (SSSR count). The molecule has 1 fully saturated rings. The van der Waals surface area contributed by atoms with Crippen molar-refractivity contribution in [1.82, 2.24) is 5.43 Å². The van der Waals surface area contributed by atoms with Crippen LogP contribution in [-0.2, 0) is 9.59 Å². The molecule has 0 unspecified atom stereocenters. The second-order valence-electron chi connectivity index (χ2n) is 5.89. The Balaban J connectivity index is 1.57. The molecule has 0 radical (unpaired) electrons. The summed E-state index contributed by atoms with van der Waals surface area (Å²) < 4.78 is 18.1. The Morgan fingerprint density at radius 2 is 1.92 bits per heavy atom. The van der Waals surface area contributed by atoms with Crippen molar-refractivity contribution in [3.63, 3.8) is 0 Å². The first-order chi connectivity index (χ1) is 12.6. The summed E-state index contributed by atoms with van der Waals surface area (Å²) in [6, 6.07) is 12.8. The number of carbonyl (C=O) groups is 2.